The van der Waals surface area contributed by atoms with Crippen molar-refractivity contribution in [3.05, 3.63) is 42.2 Å². The van der Waals surface area contributed by atoms with Crippen LogP contribution in [-0.2, 0) is 20.9 Å². The van der Waals surface area contributed by atoms with Crippen molar-refractivity contribution in [2.24, 2.45) is 11.8 Å². The number of carbonyl (C=O) groups excluding carboxylic acids is 2. The number of hydrogen-bond acceptors (Lipinski definition) is 4. The van der Waals surface area contributed by atoms with Crippen molar-refractivity contribution in [3.63, 3.8) is 0 Å². The first-order valence-electron chi connectivity index (χ1n) is 7.12. The molecule has 2 atom stereocenters. The Balaban J connectivity index is 2.16. The lowest BCUT2D eigenvalue weighted by molar-refractivity contribution is -0.151. The second-order valence-corrected chi connectivity index (χ2v) is 5.23. The van der Waals surface area contributed by atoms with Crippen LogP contribution in [-0.4, -0.2) is 39.7 Å². The molecule has 0 bridgehead atoms. The number of aromatic nitrogens is 1. The number of amides is 1. The summed E-state index contributed by atoms with van der Waals surface area (Å²) in [4.78, 5) is 40.2. The van der Waals surface area contributed by atoms with Crippen molar-refractivity contribution < 1.29 is 19.5 Å². The second-order valence-electron chi connectivity index (χ2n) is 5.23. The van der Waals surface area contributed by atoms with Crippen LogP contribution in [0.25, 0.3) is 0 Å². The first kappa shape index (κ1) is 15.9. The van der Waals surface area contributed by atoms with Crippen LogP contribution >= 0.6 is 0 Å². The predicted octanol–water partition coefficient (Wildman–Crippen LogP) is 1.28. The summed E-state index contributed by atoms with van der Waals surface area (Å²) in [6.07, 6.45) is 8.23. The smallest absolute Gasteiger partial charge is 0.307 e. The fourth-order valence-corrected chi connectivity index (χ4v) is 2.63. The lowest BCUT2D eigenvalue weighted by Gasteiger charge is -2.30. The van der Waals surface area contributed by atoms with Crippen LogP contribution in [0.3, 0.4) is 0 Å². The molecule has 6 heteroatoms. The number of allylic oxidation sites excluding steroid dienone is 2. The van der Waals surface area contributed by atoms with Crippen LogP contribution < -0.4 is 0 Å². The summed E-state index contributed by atoms with van der Waals surface area (Å²) in [5.74, 6) is -2.62. The van der Waals surface area contributed by atoms with Gasteiger partial charge in [-0.3, -0.25) is 14.6 Å². The average Bonchev–Trinajstić information content (AvgIpc) is 2.54. The average molecular weight is 302 g/mol. The molecular weight excluding hydrogens is 284 g/mol. The Kier molecular flexibility index (Phi) is 5.41. The molecule has 2 rings (SSSR count). The number of hydrogen-bond donors (Lipinski definition) is 1. The summed E-state index contributed by atoms with van der Waals surface area (Å²) < 4.78 is 0. The van der Waals surface area contributed by atoms with Crippen molar-refractivity contribution in [3.8, 4) is 0 Å². The molecule has 1 aliphatic carbocycles. The van der Waals surface area contributed by atoms with E-state index >= 15 is 0 Å². The van der Waals surface area contributed by atoms with Gasteiger partial charge in [0.2, 0.25) is 5.91 Å². The standard InChI is InChI=1S/C16H18N2O4/c19-10-9-18(11-12-5-7-17-8-6-12)15(20)13-3-1-2-4-14(13)16(21)22/h1-2,5-8,10,13-14H,3-4,9,11H2,(H,21,22). The van der Waals surface area contributed by atoms with Crippen LogP contribution in [0.2, 0.25) is 0 Å². The molecule has 0 aromatic carbocycles. The van der Waals surface area contributed by atoms with E-state index in [2.05, 4.69) is 4.98 Å². The highest BCUT2D eigenvalue weighted by Crippen LogP contribution is 2.28. The SMILES string of the molecule is O=CCN(Cc1ccncc1)C(=O)C1CC=CCC1C(=O)O. The zero-order chi connectivity index (χ0) is 15.9. The van der Waals surface area contributed by atoms with E-state index in [0.29, 0.717) is 19.1 Å². The van der Waals surface area contributed by atoms with E-state index in [0.717, 1.165) is 5.56 Å². The van der Waals surface area contributed by atoms with Crippen LogP contribution in [0.1, 0.15) is 18.4 Å². The Bertz CT molecular complexity index is 571. The fraction of sp³-hybridized carbons (Fsp3) is 0.375. The van der Waals surface area contributed by atoms with E-state index in [9.17, 15) is 19.5 Å². The van der Waals surface area contributed by atoms with Gasteiger partial charge in [-0.1, -0.05) is 12.2 Å². The lowest BCUT2D eigenvalue weighted by atomic mass is 9.82. The molecule has 0 saturated heterocycles. The third-order valence-corrected chi connectivity index (χ3v) is 3.80. The van der Waals surface area contributed by atoms with Gasteiger partial charge in [-0.25, -0.2) is 0 Å². The van der Waals surface area contributed by atoms with Crippen molar-refractivity contribution in [2.45, 2.75) is 19.4 Å². The molecule has 0 saturated carbocycles. The number of carboxylic acids is 1. The van der Waals surface area contributed by atoms with Gasteiger partial charge in [0.1, 0.15) is 6.29 Å². The molecule has 1 amide bonds. The van der Waals surface area contributed by atoms with Gasteiger partial charge < -0.3 is 14.8 Å². The van der Waals surface area contributed by atoms with Crippen molar-refractivity contribution >= 4 is 18.2 Å². The van der Waals surface area contributed by atoms with Gasteiger partial charge >= 0.3 is 5.97 Å². The highest BCUT2D eigenvalue weighted by molar-refractivity contribution is 5.86. The molecule has 2 unspecified atom stereocenters. The number of aldehydes is 1. The molecule has 1 aliphatic rings. The highest BCUT2D eigenvalue weighted by Gasteiger charge is 2.36. The number of carboxylic acid groups (broad SMARTS) is 1. The van der Waals surface area contributed by atoms with Gasteiger partial charge in [-0.05, 0) is 30.5 Å². The molecule has 1 N–H and O–H groups in total. The largest absolute Gasteiger partial charge is 0.481 e. The van der Waals surface area contributed by atoms with E-state index in [1.54, 1.807) is 30.6 Å². The van der Waals surface area contributed by atoms with Crippen molar-refractivity contribution in [1.29, 1.82) is 0 Å². The minimum absolute atomic E-state index is 0.0479. The molecule has 0 fully saturated rings. The molecule has 116 valence electrons. The fourth-order valence-electron chi connectivity index (χ4n) is 2.63. The van der Waals surface area contributed by atoms with E-state index in [1.807, 2.05) is 6.08 Å². The molecule has 6 nitrogen and oxygen atoms in total. The maximum atomic E-state index is 12.7. The minimum Gasteiger partial charge on any atom is -0.481 e. The van der Waals surface area contributed by atoms with Gasteiger partial charge in [0.15, 0.2) is 0 Å². The Morgan fingerprint density at radius 3 is 2.45 bits per heavy atom. The Morgan fingerprint density at radius 1 is 1.23 bits per heavy atom. The normalized spacial score (nSPS) is 20.4. The molecule has 1 aromatic heterocycles. The quantitative estimate of drug-likeness (QED) is 0.631. The molecular formula is C16H18N2O4. The third kappa shape index (κ3) is 3.78. The Labute approximate surface area is 128 Å². The summed E-state index contributed by atoms with van der Waals surface area (Å²) >= 11 is 0. The number of aliphatic carboxylic acids is 1. The monoisotopic (exact) mass is 302 g/mol. The first-order valence-corrected chi connectivity index (χ1v) is 7.12. The van der Waals surface area contributed by atoms with Crippen LogP contribution in [0.15, 0.2) is 36.7 Å². The van der Waals surface area contributed by atoms with Crippen LogP contribution in [0.4, 0.5) is 0 Å². The molecule has 1 aromatic rings. The third-order valence-electron chi connectivity index (χ3n) is 3.80. The molecule has 22 heavy (non-hydrogen) atoms. The number of carbonyl (C=O) groups is 3. The summed E-state index contributed by atoms with van der Waals surface area (Å²) in [6, 6.07) is 3.53. The van der Waals surface area contributed by atoms with Gasteiger partial charge in [-0.2, -0.15) is 0 Å². The number of pyridine rings is 1. The first-order chi connectivity index (χ1) is 10.6. The molecule has 0 spiro atoms. The topological polar surface area (TPSA) is 87.6 Å². The van der Waals surface area contributed by atoms with Gasteiger partial charge in [0, 0.05) is 18.9 Å². The lowest BCUT2D eigenvalue weighted by Crippen LogP contribution is -2.42. The van der Waals surface area contributed by atoms with Gasteiger partial charge in [0.25, 0.3) is 0 Å². The van der Waals surface area contributed by atoms with Crippen LogP contribution in [0.5, 0.6) is 0 Å². The maximum Gasteiger partial charge on any atom is 0.307 e. The highest BCUT2D eigenvalue weighted by atomic mass is 16.4. The summed E-state index contributed by atoms with van der Waals surface area (Å²) in [5, 5.41) is 9.28. The summed E-state index contributed by atoms with van der Waals surface area (Å²) in [5.41, 5.74) is 0.850. The number of nitrogens with zero attached hydrogens (tertiary/aromatic N) is 2. The molecule has 0 radical (unpaired) electrons. The summed E-state index contributed by atoms with van der Waals surface area (Å²) in [6.45, 7) is 0.223. The second kappa shape index (κ2) is 7.49. The Morgan fingerprint density at radius 2 is 1.86 bits per heavy atom. The number of rotatable bonds is 6. The minimum atomic E-state index is -0.974. The van der Waals surface area contributed by atoms with Crippen LogP contribution in [0, 0.1) is 11.8 Å². The van der Waals surface area contributed by atoms with E-state index < -0.39 is 17.8 Å². The van der Waals surface area contributed by atoms with Gasteiger partial charge in [0.05, 0.1) is 18.4 Å². The molecule has 0 aliphatic heterocycles. The predicted molar refractivity (Wildman–Crippen MR) is 78.7 cm³/mol. The summed E-state index contributed by atoms with van der Waals surface area (Å²) in [7, 11) is 0. The molecule has 1 heterocycles. The van der Waals surface area contributed by atoms with E-state index in [-0.39, 0.29) is 19.0 Å². The van der Waals surface area contributed by atoms with Gasteiger partial charge in [-0.15, -0.1) is 0 Å². The zero-order valence-electron chi connectivity index (χ0n) is 12.1. The van der Waals surface area contributed by atoms with E-state index in [4.69, 9.17) is 0 Å². The maximum absolute atomic E-state index is 12.7. The zero-order valence-corrected chi connectivity index (χ0v) is 12.1. The van der Waals surface area contributed by atoms with Crippen molar-refractivity contribution in [2.75, 3.05) is 6.54 Å². The Hall–Kier alpha value is -2.50. The van der Waals surface area contributed by atoms with E-state index in [1.165, 1.54) is 4.90 Å². The van der Waals surface area contributed by atoms with Crippen molar-refractivity contribution in [1.82, 2.24) is 9.88 Å².